The van der Waals surface area contributed by atoms with Crippen LogP contribution in [0.5, 0.6) is 0 Å². The first kappa shape index (κ1) is 19.0. The maximum atomic E-state index is 11.5. The second-order valence-corrected chi connectivity index (χ2v) is 7.17. The molecule has 0 amide bonds. The highest BCUT2D eigenvalue weighted by Crippen LogP contribution is 2.39. The van der Waals surface area contributed by atoms with Gasteiger partial charge in [0, 0.05) is 23.1 Å². The largest absolute Gasteiger partial charge is 0.464 e. The fourth-order valence-electron chi connectivity index (χ4n) is 2.19. The van der Waals surface area contributed by atoms with E-state index in [0.29, 0.717) is 24.0 Å². The molecule has 0 saturated heterocycles. The Balaban J connectivity index is 2.23. The van der Waals surface area contributed by atoms with Gasteiger partial charge in [0.25, 0.3) is 0 Å². The number of anilines is 1. The molecule has 10 heteroatoms. The van der Waals surface area contributed by atoms with Gasteiger partial charge in [0.15, 0.2) is 5.52 Å². The number of nitrogens with zero attached hydrogens (tertiary/aromatic N) is 3. The fourth-order valence-corrected chi connectivity index (χ4v) is 3.13. The van der Waals surface area contributed by atoms with Gasteiger partial charge in [-0.15, -0.1) is 11.8 Å². The first-order valence-electron chi connectivity index (χ1n) is 7.93. The van der Waals surface area contributed by atoms with E-state index in [1.807, 2.05) is 20.8 Å². The molecule has 0 aliphatic heterocycles. The van der Waals surface area contributed by atoms with E-state index in [4.69, 9.17) is 9.37 Å². The molecule has 0 spiro atoms. The second-order valence-electron chi connectivity index (χ2n) is 5.55. The van der Waals surface area contributed by atoms with Gasteiger partial charge < -0.3 is 10.1 Å². The average molecular weight is 368 g/mol. The van der Waals surface area contributed by atoms with Crippen LogP contribution < -0.4 is 5.32 Å². The highest BCUT2D eigenvalue weighted by molar-refractivity contribution is 8.00. The molecule has 0 aliphatic rings. The van der Waals surface area contributed by atoms with Gasteiger partial charge in [0.1, 0.15) is 12.3 Å². The lowest BCUT2D eigenvalue weighted by molar-refractivity contribution is -0.382. The standard InChI is InChI=1S/C15H20N4O5S/c1-4-5-12(20)23-7-6-16-10-8-11(25-9(2)3)13-14(18-24-17-13)15(10)19(21)22/h8-9,16H,4-7H2,1-3H3. The molecule has 0 aliphatic carbocycles. The van der Waals surface area contributed by atoms with Crippen LogP contribution in [0.25, 0.3) is 11.0 Å². The first-order valence-corrected chi connectivity index (χ1v) is 8.81. The van der Waals surface area contributed by atoms with Crippen molar-refractivity contribution in [2.45, 2.75) is 43.8 Å². The number of carbonyl (C=O) groups excluding carboxylic acids is 1. The van der Waals surface area contributed by atoms with E-state index in [1.165, 1.54) is 11.8 Å². The molecule has 0 fully saturated rings. The topological polar surface area (TPSA) is 120 Å². The van der Waals surface area contributed by atoms with Crippen LogP contribution in [0.2, 0.25) is 0 Å². The number of rotatable bonds is 9. The number of thioether (sulfide) groups is 1. The van der Waals surface area contributed by atoms with Gasteiger partial charge in [0.2, 0.25) is 5.52 Å². The Kier molecular flexibility index (Phi) is 6.57. The molecule has 0 atom stereocenters. The summed E-state index contributed by atoms with van der Waals surface area (Å²) in [6.45, 7) is 6.27. The van der Waals surface area contributed by atoms with Crippen molar-refractivity contribution in [1.82, 2.24) is 10.3 Å². The second kappa shape index (κ2) is 8.65. The zero-order valence-electron chi connectivity index (χ0n) is 14.3. The van der Waals surface area contributed by atoms with Gasteiger partial charge in [-0.3, -0.25) is 14.9 Å². The Morgan fingerprint density at radius 3 is 2.80 bits per heavy atom. The minimum Gasteiger partial charge on any atom is -0.464 e. The number of esters is 1. The number of nitrogens with one attached hydrogen (secondary N) is 1. The molecule has 0 radical (unpaired) electrons. The number of nitro benzene ring substituents is 1. The SMILES string of the molecule is CCCC(=O)OCCNc1cc(SC(C)C)c2nonc2c1[N+](=O)[O-]. The van der Waals surface area contributed by atoms with E-state index in [2.05, 4.69) is 15.6 Å². The minimum absolute atomic E-state index is 0.0983. The lowest BCUT2D eigenvalue weighted by atomic mass is 10.2. The fraction of sp³-hybridized carbons (Fsp3) is 0.533. The van der Waals surface area contributed by atoms with Crippen molar-refractivity contribution in [2.75, 3.05) is 18.5 Å². The summed E-state index contributed by atoms with van der Waals surface area (Å²) in [6.07, 6.45) is 1.06. The predicted molar refractivity (Wildman–Crippen MR) is 93.8 cm³/mol. The molecule has 0 unspecified atom stereocenters. The summed E-state index contributed by atoms with van der Waals surface area (Å²) in [5, 5.41) is 22.1. The third-order valence-electron chi connectivity index (χ3n) is 3.16. The summed E-state index contributed by atoms with van der Waals surface area (Å²) in [7, 11) is 0. The molecule has 136 valence electrons. The van der Waals surface area contributed by atoms with Gasteiger partial charge >= 0.3 is 11.7 Å². The first-order chi connectivity index (χ1) is 11.9. The predicted octanol–water partition coefficient (Wildman–Crippen LogP) is 3.39. The van der Waals surface area contributed by atoms with Crippen LogP contribution in [-0.4, -0.2) is 39.6 Å². The van der Waals surface area contributed by atoms with Gasteiger partial charge in [-0.2, -0.15) is 0 Å². The molecular weight excluding hydrogens is 348 g/mol. The maximum absolute atomic E-state index is 11.5. The van der Waals surface area contributed by atoms with E-state index in [-0.39, 0.29) is 35.6 Å². The Morgan fingerprint density at radius 1 is 1.44 bits per heavy atom. The third-order valence-corrected chi connectivity index (χ3v) is 4.19. The Labute approximate surface area is 148 Å². The molecule has 1 heterocycles. The van der Waals surface area contributed by atoms with Crippen LogP contribution in [0.15, 0.2) is 15.6 Å². The van der Waals surface area contributed by atoms with Crippen molar-refractivity contribution in [3.63, 3.8) is 0 Å². The molecule has 1 N–H and O–H groups in total. The summed E-state index contributed by atoms with van der Waals surface area (Å²) in [5.41, 5.74) is 0.554. The quantitative estimate of drug-likeness (QED) is 0.233. The molecule has 1 aromatic heterocycles. The Bertz CT molecular complexity index is 762. The van der Waals surface area contributed by atoms with Gasteiger partial charge in [-0.05, 0) is 22.8 Å². The van der Waals surface area contributed by atoms with E-state index < -0.39 is 4.92 Å². The van der Waals surface area contributed by atoms with Crippen molar-refractivity contribution < 1.29 is 19.1 Å². The van der Waals surface area contributed by atoms with Gasteiger partial charge in [0.05, 0.1) is 4.92 Å². The van der Waals surface area contributed by atoms with Gasteiger partial charge in [-0.25, -0.2) is 4.63 Å². The van der Waals surface area contributed by atoms with Crippen molar-refractivity contribution in [3.05, 3.63) is 16.2 Å². The van der Waals surface area contributed by atoms with E-state index in [9.17, 15) is 14.9 Å². The molecular formula is C15H20N4O5S. The number of fused-ring (bicyclic) bond motifs is 1. The van der Waals surface area contributed by atoms with Crippen molar-refractivity contribution >= 4 is 40.1 Å². The van der Waals surface area contributed by atoms with Crippen LogP contribution in [0.1, 0.15) is 33.6 Å². The summed E-state index contributed by atoms with van der Waals surface area (Å²) < 4.78 is 9.75. The zero-order valence-corrected chi connectivity index (χ0v) is 15.1. The van der Waals surface area contributed by atoms with E-state index in [1.54, 1.807) is 6.07 Å². The zero-order chi connectivity index (χ0) is 18.4. The van der Waals surface area contributed by atoms with Crippen molar-refractivity contribution in [1.29, 1.82) is 0 Å². The van der Waals surface area contributed by atoms with Crippen LogP contribution in [0, 0.1) is 10.1 Å². The lowest BCUT2D eigenvalue weighted by Gasteiger charge is -2.11. The summed E-state index contributed by atoms with van der Waals surface area (Å²) >= 11 is 1.51. The number of benzene rings is 1. The molecule has 0 saturated carbocycles. The average Bonchev–Trinajstić information content (AvgIpc) is 3.00. The number of carbonyl (C=O) groups is 1. The number of hydrogen-bond acceptors (Lipinski definition) is 9. The molecule has 9 nitrogen and oxygen atoms in total. The maximum Gasteiger partial charge on any atom is 0.323 e. The van der Waals surface area contributed by atoms with Crippen LogP contribution >= 0.6 is 11.8 Å². The highest BCUT2D eigenvalue weighted by atomic mass is 32.2. The van der Waals surface area contributed by atoms with E-state index in [0.717, 1.165) is 4.90 Å². The molecule has 25 heavy (non-hydrogen) atoms. The third kappa shape index (κ3) is 4.81. The normalized spacial score (nSPS) is 11.0. The summed E-state index contributed by atoms with van der Waals surface area (Å²) in [6, 6.07) is 1.66. The Hall–Kier alpha value is -2.36. The van der Waals surface area contributed by atoms with Crippen LogP contribution in [0.3, 0.4) is 0 Å². The number of aromatic nitrogens is 2. The number of nitro groups is 1. The van der Waals surface area contributed by atoms with Gasteiger partial charge in [-0.1, -0.05) is 20.8 Å². The smallest absolute Gasteiger partial charge is 0.323 e. The van der Waals surface area contributed by atoms with Crippen molar-refractivity contribution in [3.8, 4) is 0 Å². The van der Waals surface area contributed by atoms with Crippen LogP contribution in [0.4, 0.5) is 11.4 Å². The molecule has 0 bridgehead atoms. The highest BCUT2D eigenvalue weighted by Gasteiger charge is 2.26. The van der Waals surface area contributed by atoms with Crippen molar-refractivity contribution in [2.24, 2.45) is 0 Å². The summed E-state index contributed by atoms with van der Waals surface area (Å²) in [4.78, 5) is 23.0. The number of hydrogen-bond donors (Lipinski definition) is 1. The van der Waals surface area contributed by atoms with Crippen LogP contribution in [-0.2, 0) is 9.53 Å². The number of ether oxygens (including phenoxy) is 1. The summed E-state index contributed by atoms with van der Waals surface area (Å²) in [5.74, 6) is -0.286. The monoisotopic (exact) mass is 368 g/mol. The minimum atomic E-state index is -0.526. The van der Waals surface area contributed by atoms with E-state index >= 15 is 0 Å². The lowest BCUT2D eigenvalue weighted by Crippen LogP contribution is -2.14. The molecule has 2 aromatic rings. The molecule has 1 aromatic carbocycles. The molecule has 2 rings (SSSR count). The Morgan fingerprint density at radius 2 is 2.16 bits per heavy atom.